The standard InChI is InChI=1S/C26H39N7O6S/c1-40-11-9-19(24(36)32-20(26(38)39)8-4-5-10-27)31-25(37)21(13-22(29)34)33-23(35)17(28)12-15-14-30-18-7-3-2-6-16(15)18/h2-3,6-7,14,17,19-21,30H,4-5,8-13,27-28H2,1H3,(H2,29,34)(H,31,37)(H,32,36)(H,33,35)(H,38,39). The predicted octanol–water partition coefficient (Wildman–Crippen LogP) is -0.666. The molecule has 4 unspecified atom stereocenters. The van der Waals surface area contributed by atoms with Crippen LogP contribution in [0.25, 0.3) is 10.9 Å². The summed E-state index contributed by atoms with van der Waals surface area (Å²) in [5, 5.41) is 17.9. The zero-order valence-electron chi connectivity index (χ0n) is 22.5. The molecule has 220 valence electrons. The highest BCUT2D eigenvalue weighted by Crippen LogP contribution is 2.19. The minimum Gasteiger partial charge on any atom is -0.480 e. The molecule has 1 aromatic carbocycles. The molecular weight excluding hydrogens is 538 g/mol. The van der Waals surface area contributed by atoms with Crippen LogP contribution in [-0.2, 0) is 30.4 Å². The number of aromatic amines is 1. The van der Waals surface area contributed by atoms with Gasteiger partial charge in [0.2, 0.25) is 23.6 Å². The summed E-state index contributed by atoms with van der Waals surface area (Å²) in [6.45, 7) is 0.394. The second kappa shape index (κ2) is 16.5. The van der Waals surface area contributed by atoms with Crippen LogP contribution in [0.3, 0.4) is 0 Å². The molecule has 1 heterocycles. The molecule has 0 fully saturated rings. The highest BCUT2D eigenvalue weighted by atomic mass is 32.2. The lowest BCUT2D eigenvalue weighted by atomic mass is 10.0. The number of H-pyrrole nitrogens is 1. The van der Waals surface area contributed by atoms with Crippen LogP contribution in [0.1, 0.15) is 37.7 Å². The van der Waals surface area contributed by atoms with E-state index in [1.54, 1.807) is 6.20 Å². The first-order chi connectivity index (χ1) is 19.1. The number of aromatic nitrogens is 1. The van der Waals surface area contributed by atoms with E-state index in [4.69, 9.17) is 17.2 Å². The Morgan fingerprint density at radius 2 is 1.60 bits per heavy atom. The molecule has 40 heavy (non-hydrogen) atoms. The van der Waals surface area contributed by atoms with Gasteiger partial charge in [-0.3, -0.25) is 19.2 Å². The molecule has 0 aliphatic carbocycles. The van der Waals surface area contributed by atoms with E-state index >= 15 is 0 Å². The summed E-state index contributed by atoms with van der Waals surface area (Å²) in [6.07, 6.45) is 4.67. The molecule has 14 heteroatoms. The fraction of sp³-hybridized carbons (Fsp3) is 0.500. The van der Waals surface area contributed by atoms with Crippen molar-refractivity contribution in [2.45, 2.75) is 62.7 Å². The first kappa shape index (κ1) is 32.6. The number of carboxylic acid groups (broad SMARTS) is 1. The van der Waals surface area contributed by atoms with Crippen LogP contribution in [0, 0.1) is 0 Å². The van der Waals surface area contributed by atoms with Crippen LogP contribution >= 0.6 is 11.8 Å². The minimum absolute atomic E-state index is 0.167. The Kier molecular flexibility index (Phi) is 13.4. The normalized spacial score (nSPS) is 14.1. The van der Waals surface area contributed by atoms with Crippen molar-refractivity contribution in [2.24, 2.45) is 17.2 Å². The van der Waals surface area contributed by atoms with Gasteiger partial charge in [-0.2, -0.15) is 11.8 Å². The van der Waals surface area contributed by atoms with E-state index in [-0.39, 0.29) is 19.3 Å². The third kappa shape index (κ3) is 10.2. The van der Waals surface area contributed by atoms with Crippen molar-refractivity contribution in [3.05, 3.63) is 36.0 Å². The van der Waals surface area contributed by atoms with E-state index in [1.165, 1.54) is 11.8 Å². The van der Waals surface area contributed by atoms with Gasteiger partial charge in [0.15, 0.2) is 0 Å². The van der Waals surface area contributed by atoms with Gasteiger partial charge in [0.05, 0.1) is 12.5 Å². The van der Waals surface area contributed by atoms with Gasteiger partial charge >= 0.3 is 5.97 Å². The highest BCUT2D eigenvalue weighted by Gasteiger charge is 2.31. The molecule has 2 rings (SSSR count). The number of thioether (sulfide) groups is 1. The molecule has 4 amide bonds. The maximum atomic E-state index is 13.1. The molecule has 0 spiro atoms. The van der Waals surface area contributed by atoms with Gasteiger partial charge in [-0.1, -0.05) is 18.2 Å². The van der Waals surface area contributed by atoms with E-state index in [0.717, 1.165) is 16.5 Å². The number of hydrogen-bond acceptors (Lipinski definition) is 8. The smallest absolute Gasteiger partial charge is 0.326 e. The van der Waals surface area contributed by atoms with Gasteiger partial charge in [-0.15, -0.1) is 0 Å². The number of nitrogens with one attached hydrogen (secondary N) is 4. The molecule has 2 aromatic rings. The summed E-state index contributed by atoms with van der Waals surface area (Å²) in [4.78, 5) is 65.5. The van der Waals surface area contributed by atoms with Crippen molar-refractivity contribution in [1.29, 1.82) is 0 Å². The van der Waals surface area contributed by atoms with Gasteiger partial charge < -0.3 is 43.2 Å². The highest BCUT2D eigenvalue weighted by molar-refractivity contribution is 7.98. The van der Waals surface area contributed by atoms with Crippen LogP contribution in [0.4, 0.5) is 0 Å². The zero-order chi connectivity index (χ0) is 29.7. The molecule has 0 bridgehead atoms. The lowest BCUT2D eigenvalue weighted by Crippen LogP contribution is -2.58. The number of rotatable bonds is 18. The Balaban J connectivity index is 2.10. The number of fused-ring (bicyclic) bond motifs is 1. The van der Waals surface area contributed by atoms with Crippen molar-refractivity contribution < 1.29 is 29.1 Å². The number of aliphatic carboxylic acids is 1. The molecular formula is C26H39N7O6S. The Hall–Kier alpha value is -3.62. The second-order valence-corrected chi connectivity index (χ2v) is 10.4. The van der Waals surface area contributed by atoms with Gasteiger partial charge in [0.25, 0.3) is 0 Å². The largest absolute Gasteiger partial charge is 0.480 e. The second-order valence-electron chi connectivity index (χ2n) is 9.43. The fourth-order valence-corrected chi connectivity index (χ4v) is 4.59. The SMILES string of the molecule is CSCCC(NC(=O)C(CC(N)=O)NC(=O)C(N)Cc1c[nH]c2ccccc12)C(=O)NC(CCCCN)C(=O)O. The summed E-state index contributed by atoms with van der Waals surface area (Å²) in [5.41, 5.74) is 18.6. The Morgan fingerprint density at radius 3 is 2.25 bits per heavy atom. The number of para-hydroxylation sites is 1. The van der Waals surface area contributed by atoms with E-state index in [1.807, 2.05) is 30.5 Å². The lowest BCUT2D eigenvalue weighted by Gasteiger charge is -2.24. The summed E-state index contributed by atoms with van der Waals surface area (Å²) >= 11 is 1.43. The maximum absolute atomic E-state index is 13.1. The zero-order valence-corrected chi connectivity index (χ0v) is 23.3. The van der Waals surface area contributed by atoms with Crippen molar-refractivity contribution in [2.75, 3.05) is 18.6 Å². The maximum Gasteiger partial charge on any atom is 0.326 e. The van der Waals surface area contributed by atoms with Crippen molar-refractivity contribution in [1.82, 2.24) is 20.9 Å². The Morgan fingerprint density at radius 1 is 0.950 bits per heavy atom. The number of benzene rings is 1. The number of nitrogens with two attached hydrogens (primary N) is 3. The van der Waals surface area contributed by atoms with Gasteiger partial charge in [0, 0.05) is 17.1 Å². The summed E-state index contributed by atoms with van der Waals surface area (Å²) < 4.78 is 0. The molecule has 4 atom stereocenters. The number of primary amides is 1. The topological polar surface area (TPSA) is 236 Å². The lowest BCUT2D eigenvalue weighted by molar-refractivity contribution is -0.142. The van der Waals surface area contributed by atoms with E-state index < -0.39 is 60.2 Å². The van der Waals surface area contributed by atoms with Crippen LogP contribution in [0.5, 0.6) is 0 Å². The van der Waals surface area contributed by atoms with Crippen LogP contribution in [0.15, 0.2) is 30.5 Å². The summed E-state index contributed by atoms with van der Waals surface area (Å²) in [5.74, 6) is -3.76. The Labute approximate surface area is 236 Å². The molecule has 0 saturated heterocycles. The number of unbranched alkanes of at least 4 members (excludes halogenated alkanes) is 1. The van der Waals surface area contributed by atoms with Gasteiger partial charge in [0.1, 0.15) is 18.1 Å². The quantitative estimate of drug-likeness (QED) is 0.105. The van der Waals surface area contributed by atoms with Crippen LogP contribution in [-0.4, -0.2) is 82.4 Å². The van der Waals surface area contributed by atoms with E-state index in [9.17, 15) is 29.1 Å². The molecule has 0 aliphatic heterocycles. The molecule has 0 saturated carbocycles. The van der Waals surface area contributed by atoms with Crippen molar-refractivity contribution in [3.63, 3.8) is 0 Å². The number of carbonyl (C=O) groups is 5. The summed E-state index contributed by atoms with van der Waals surface area (Å²) in [6, 6.07) is 2.83. The Bertz CT molecular complexity index is 1170. The van der Waals surface area contributed by atoms with Crippen LogP contribution in [0.2, 0.25) is 0 Å². The third-order valence-electron chi connectivity index (χ3n) is 6.29. The third-order valence-corrected chi connectivity index (χ3v) is 6.94. The molecule has 13 nitrogen and oxygen atoms in total. The molecule has 0 aliphatic rings. The first-order valence-corrected chi connectivity index (χ1v) is 14.4. The predicted molar refractivity (Wildman–Crippen MR) is 153 cm³/mol. The number of amides is 4. The van der Waals surface area contributed by atoms with Gasteiger partial charge in [-0.05, 0) is 62.3 Å². The van der Waals surface area contributed by atoms with Crippen LogP contribution < -0.4 is 33.2 Å². The first-order valence-electron chi connectivity index (χ1n) is 13.0. The summed E-state index contributed by atoms with van der Waals surface area (Å²) in [7, 11) is 0. The number of hydrogen-bond donors (Lipinski definition) is 8. The van der Waals surface area contributed by atoms with Crippen molar-refractivity contribution in [3.8, 4) is 0 Å². The minimum atomic E-state index is -1.39. The number of carboxylic acids is 1. The van der Waals surface area contributed by atoms with E-state index in [0.29, 0.717) is 25.1 Å². The average Bonchev–Trinajstić information content (AvgIpc) is 3.32. The monoisotopic (exact) mass is 577 g/mol. The van der Waals surface area contributed by atoms with Gasteiger partial charge in [-0.25, -0.2) is 4.79 Å². The molecule has 1 aromatic heterocycles. The number of carbonyl (C=O) groups excluding carboxylic acids is 4. The molecule has 11 N–H and O–H groups in total. The fourth-order valence-electron chi connectivity index (χ4n) is 4.12. The average molecular weight is 578 g/mol. The van der Waals surface area contributed by atoms with E-state index in [2.05, 4.69) is 20.9 Å². The molecule has 0 radical (unpaired) electrons. The van der Waals surface area contributed by atoms with Crippen molar-refractivity contribution >= 4 is 52.3 Å².